The molecule has 0 saturated carbocycles. The van der Waals surface area contributed by atoms with Crippen LogP contribution in [0.5, 0.6) is 0 Å². The van der Waals surface area contributed by atoms with Crippen molar-refractivity contribution >= 4 is 6.09 Å². The van der Waals surface area contributed by atoms with E-state index in [1.54, 1.807) is 0 Å². The van der Waals surface area contributed by atoms with Gasteiger partial charge in [-0.05, 0) is 31.4 Å². The van der Waals surface area contributed by atoms with E-state index in [0.29, 0.717) is 19.1 Å². The Morgan fingerprint density at radius 2 is 2.22 bits per heavy atom. The summed E-state index contributed by atoms with van der Waals surface area (Å²) in [5.74, 6) is 0. The monoisotopic (exact) mass is 250 g/mol. The third-order valence-corrected chi connectivity index (χ3v) is 3.87. The van der Waals surface area contributed by atoms with Crippen LogP contribution in [0.2, 0.25) is 0 Å². The molecule has 6 nitrogen and oxygen atoms in total. The van der Waals surface area contributed by atoms with Gasteiger partial charge in [-0.1, -0.05) is 0 Å². The molecular formula is C12H18N4O2. The van der Waals surface area contributed by atoms with E-state index in [1.807, 2.05) is 0 Å². The van der Waals surface area contributed by atoms with Gasteiger partial charge >= 0.3 is 6.09 Å². The summed E-state index contributed by atoms with van der Waals surface area (Å²) in [7, 11) is 0. The molecule has 18 heavy (non-hydrogen) atoms. The summed E-state index contributed by atoms with van der Waals surface area (Å²) in [5, 5.41) is 16.9. The third-order valence-electron chi connectivity index (χ3n) is 3.87. The lowest BCUT2D eigenvalue weighted by Crippen LogP contribution is -2.38. The largest absolute Gasteiger partial charge is 0.465 e. The molecule has 1 aromatic heterocycles. The summed E-state index contributed by atoms with van der Waals surface area (Å²) in [6.45, 7) is 3.11. The molecule has 1 fully saturated rings. The van der Waals surface area contributed by atoms with Crippen molar-refractivity contribution in [2.45, 2.75) is 31.8 Å². The number of fused-ring (bicyclic) bond motifs is 1. The second-order valence-corrected chi connectivity index (χ2v) is 5.01. The molecule has 3 heterocycles. The predicted molar refractivity (Wildman–Crippen MR) is 65.5 cm³/mol. The number of hydrogen-bond acceptors (Lipinski definition) is 3. The zero-order chi connectivity index (χ0) is 12.5. The summed E-state index contributed by atoms with van der Waals surface area (Å²) in [5.41, 5.74) is 2.50. The molecule has 1 aromatic rings. The zero-order valence-electron chi connectivity index (χ0n) is 10.3. The summed E-state index contributed by atoms with van der Waals surface area (Å²) in [6.07, 6.45) is 4.11. The minimum Gasteiger partial charge on any atom is -0.465 e. The van der Waals surface area contributed by atoms with Crippen molar-refractivity contribution in [1.82, 2.24) is 20.0 Å². The van der Waals surface area contributed by atoms with Gasteiger partial charge in [0.2, 0.25) is 0 Å². The first-order valence-corrected chi connectivity index (χ1v) is 6.49. The molecule has 0 atom stereocenters. The number of rotatable bonds is 1. The third kappa shape index (κ3) is 2.08. The highest BCUT2D eigenvalue weighted by Crippen LogP contribution is 2.24. The predicted octanol–water partition coefficient (Wildman–Crippen LogP) is 0.844. The Bertz CT molecular complexity index is 425. The fourth-order valence-corrected chi connectivity index (χ4v) is 2.76. The van der Waals surface area contributed by atoms with Crippen molar-refractivity contribution < 1.29 is 9.90 Å². The maximum Gasteiger partial charge on any atom is 0.407 e. The molecule has 0 unspecified atom stereocenters. The zero-order valence-corrected chi connectivity index (χ0v) is 10.3. The van der Waals surface area contributed by atoms with E-state index in [2.05, 4.69) is 21.3 Å². The van der Waals surface area contributed by atoms with Crippen LogP contribution in [-0.4, -0.2) is 45.5 Å². The highest BCUT2D eigenvalue weighted by molar-refractivity contribution is 5.64. The number of likely N-dealkylation sites (tertiary alicyclic amines) is 1. The number of nitrogens with zero attached hydrogens (tertiary/aromatic N) is 3. The van der Waals surface area contributed by atoms with E-state index in [9.17, 15) is 4.79 Å². The fourth-order valence-electron chi connectivity index (χ4n) is 2.76. The standard InChI is InChI=1S/C12H18N4O2/c17-12(18)15-5-2-10(3-6-15)16-8-9-1-4-13-7-11(9)14-16/h8,10,13H,1-7H2,(H,17,18). The van der Waals surface area contributed by atoms with E-state index in [4.69, 9.17) is 5.11 Å². The number of amides is 1. The Labute approximate surface area is 106 Å². The van der Waals surface area contributed by atoms with E-state index < -0.39 is 6.09 Å². The lowest BCUT2D eigenvalue weighted by atomic mass is 10.1. The molecule has 0 aromatic carbocycles. The molecule has 0 radical (unpaired) electrons. The van der Waals surface area contributed by atoms with Crippen molar-refractivity contribution in [2.75, 3.05) is 19.6 Å². The fraction of sp³-hybridized carbons (Fsp3) is 0.667. The van der Waals surface area contributed by atoms with Crippen LogP contribution in [0.25, 0.3) is 0 Å². The molecule has 1 amide bonds. The number of carboxylic acid groups (broad SMARTS) is 1. The molecule has 0 aliphatic carbocycles. The SMILES string of the molecule is O=C(O)N1CCC(n2cc3c(n2)CNCC3)CC1. The van der Waals surface area contributed by atoms with Gasteiger partial charge in [-0.25, -0.2) is 4.79 Å². The second-order valence-electron chi connectivity index (χ2n) is 5.01. The lowest BCUT2D eigenvalue weighted by Gasteiger charge is -2.30. The van der Waals surface area contributed by atoms with Crippen LogP contribution in [0.4, 0.5) is 4.79 Å². The van der Waals surface area contributed by atoms with Crippen molar-refractivity contribution in [1.29, 1.82) is 0 Å². The Kier molecular flexibility index (Phi) is 2.95. The molecule has 98 valence electrons. The smallest absolute Gasteiger partial charge is 0.407 e. The maximum absolute atomic E-state index is 10.9. The molecular weight excluding hydrogens is 232 g/mol. The van der Waals surface area contributed by atoms with Crippen molar-refractivity contribution in [3.05, 3.63) is 17.5 Å². The number of piperidine rings is 1. The van der Waals surface area contributed by atoms with E-state index >= 15 is 0 Å². The second kappa shape index (κ2) is 4.61. The topological polar surface area (TPSA) is 70.4 Å². The van der Waals surface area contributed by atoms with Gasteiger partial charge in [0.15, 0.2) is 0 Å². The van der Waals surface area contributed by atoms with E-state index in [0.717, 1.165) is 38.0 Å². The van der Waals surface area contributed by atoms with Gasteiger partial charge in [-0.3, -0.25) is 4.68 Å². The van der Waals surface area contributed by atoms with Crippen LogP contribution in [0.1, 0.15) is 30.1 Å². The molecule has 3 rings (SSSR count). The number of carbonyl (C=O) groups is 1. The van der Waals surface area contributed by atoms with Crippen LogP contribution in [-0.2, 0) is 13.0 Å². The average molecular weight is 250 g/mol. The molecule has 0 spiro atoms. The van der Waals surface area contributed by atoms with Gasteiger partial charge in [0.25, 0.3) is 0 Å². The molecule has 6 heteroatoms. The van der Waals surface area contributed by atoms with E-state index in [1.165, 1.54) is 10.5 Å². The van der Waals surface area contributed by atoms with Crippen LogP contribution < -0.4 is 5.32 Å². The summed E-state index contributed by atoms with van der Waals surface area (Å²) < 4.78 is 2.05. The first-order chi connectivity index (χ1) is 8.74. The van der Waals surface area contributed by atoms with Gasteiger partial charge in [0.05, 0.1) is 11.7 Å². The normalized spacial score (nSPS) is 20.8. The van der Waals surface area contributed by atoms with Crippen LogP contribution >= 0.6 is 0 Å². The van der Waals surface area contributed by atoms with Gasteiger partial charge < -0.3 is 15.3 Å². The summed E-state index contributed by atoms with van der Waals surface area (Å²) >= 11 is 0. The Morgan fingerprint density at radius 1 is 1.44 bits per heavy atom. The van der Waals surface area contributed by atoms with E-state index in [-0.39, 0.29) is 0 Å². The van der Waals surface area contributed by atoms with Gasteiger partial charge in [0.1, 0.15) is 0 Å². The minimum atomic E-state index is -0.808. The Balaban J connectivity index is 1.69. The maximum atomic E-state index is 10.9. The first kappa shape index (κ1) is 11.5. The van der Waals surface area contributed by atoms with Crippen LogP contribution in [0.3, 0.4) is 0 Å². The molecule has 2 N–H and O–H groups in total. The number of nitrogens with one attached hydrogen (secondary N) is 1. The molecule has 0 bridgehead atoms. The van der Waals surface area contributed by atoms with Crippen molar-refractivity contribution in [3.63, 3.8) is 0 Å². The molecule has 2 aliphatic rings. The van der Waals surface area contributed by atoms with Crippen LogP contribution in [0.15, 0.2) is 6.20 Å². The first-order valence-electron chi connectivity index (χ1n) is 6.49. The number of hydrogen-bond donors (Lipinski definition) is 2. The summed E-state index contributed by atoms with van der Waals surface area (Å²) in [4.78, 5) is 12.3. The molecule has 2 aliphatic heterocycles. The lowest BCUT2D eigenvalue weighted by molar-refractivity contribution is 0.124. The molecule has 1 saturated heterocycles. The highest BCUT2D eigenvalue weighted by atomic mass is 16.4. The van der Waals surface area contributed by atoms with Crippen molar-refractivity contribution in [3.8, 4) is 0 Å². The summed E-state index contributed by atoms with van der Waals surface area (Å²) in [6, 6.07) is 0.353. The Hall–Kier alpha value is -1.56. The van der Waals surface area contributed by atoms with Gasteiger partial charge in [-0.15, -0.1) is 0 Å². The Morgan fingerprint density at radius 3 is 2.89 bits per heavy atom. The van der Waals surface area contributed by atoms with Crippen molar-refractivity contribution in [2.24, 2.45) is 0 Å². The number of aromatic nitrogens is 2. The quantitative estimate of drug-likeness (QED) is 0.775. The van der Waals surface area contributed by atoms with Gasteiger partial charge in [-0.2, -0.15) is 5.10 Å². The van der Waals surface area contributed by atoms with Gasteiger partial charge in [0, 0.05) is 25.8 Å². The highest BCUT2D eigenvalue weighted by Gasteiger charge is 2.25. The average Bonchev–Trinajstić information content (AvgIpc) is 2.82. The minimum absolute atomic E-state index is 0.353. The van der Waals surface area contributed by atoms with Crippen LogP contribution in [0, 0.1) is 0 Å².